The Balaban J connectivity index is 2.73. The maximum absolute atomic E-state index is 10.7. The van der Waals surface area contributed by atoms with Gasteiger partial charge >= 0.3 is 0 Å². The van der Waals surface area contributed by atoms with E-state index in [1.807, 2.05) is 6.07 Å². The molecule has 13 heavy (non-hydrogen) atoms. The Labute approximate surface area is 79.7 Å². The number of benzene rings is 1. The minimum Gasteiger partial charge on any atom is -0.345 e. The Bertz CT molecular complexity index is 450. The van der Waals surface area contributed by atoms with Crippen molar-refractivity contribution < 1.29 is 4.79 Å². The van der Waals surface area contributed by atoms with Gasteiger partial charge in [-0.25, -0.2) is 4.98 Å². The fourth-order valence-electron chi connectivity index (χ4n) is 1.27. The van der Waals surface area contributed by atoms with Crippen LogP contribution in [0.15, 0.2) is 18.5 Å². The molecule has 0 aliphatic rings. The predicted octanol–water partition coefficient (Wildman–Crippen LogP) is 2.11. The first-order valence-electron chi connectivity index (χ1n) is 3.82. The number of halogens is 1. The van der Waals surface area contributed by atoms with E-state index in [1.54, 1.807) is 12.4 Å². The van der Waals surface area contributed by atoms with E-state index in [1.165, 1.54) is 0 Å². The van der Waals surface area contributed by atoms with Crippen molar-refractivity contribution >= 4 is 28.9 Å². The molecule has 1 aromatic carbocycles. The van der Waals surface area contributed by atoms with Gasteiger partial charge < -0.3 is 4.98 Å². The standard InChI is InChI=1S/C9H7ClN2O/c10-3-6-1-8-9(12-5-11-8)2-7(6)4-13/h1-2,4-5H,3H2,(H,11,12). The number of alkyl halides is 1. The Kier molecular flexibility index (Phi) is 2.02. The van der Waals surface area contributed by atoms with Crippen molar-refractivity contribution in [3.63, 3.8) is 0 Å². The number of carbonyl (C=O) groups excluding carboxylic acids is 1. The van der Waals surface area contributed by atoms with Crippen molar-refractivity contribution in [1.82, 2.24) is 9.97 Å². The highest BCUT2D eigenvalue weighted by molar-refractivity contribution is 6.17. The minimum atomic E-state index is 0.336. The van der Waals surface area contributed by atoms with Crippen molar-refractivity contribution in [2.24, 2.45) is 0 Å². The van der Waals surface area contributed by atoms with Crippen LogP contribution in [0.3, 0.4) is 0 Å². The number of nitrogens with zero attached hydrogens (tertiary/aromatic N) is 1. The first-order chi connectivity index (χ1) is 6.35. The number of nitrogens with one attached hydrogen (secondary N) is 1. The Hall–Kier alpha value is -1.35. The lowest BCUT2D eigenvalue weighted by Gasteiger charge is -1.99. The summed E-state index contributed by atoms with van der Waals surface area (Å²) < 4.78 is 0. The summed E-state index contributed by atoms with van der Waals surface area (Å²) in [5, 5.41) is 0. The zero-order valence-electron chi connectivity index (χ0n) is 6.75. The molecule has 3 nitrogen and oxygen atoms in total. The molecule has 0 bridgehead atoms. The zero-order chi connectivity index (χ0) is 9.26. The van der Waals surface area contributed by atoms with Crippen LogP contribution in [0.5, 0.6) is 0 Å². The summed E-state index contributed by atoms with van der Waals surface area (Å²) in [5.41, 5.74) is 3.13. The molecule has 66 valence electrons. The molecule has 0 unspecified atom stereocenters. The van der Waals surface area contributed by atoms with Crippen molar-refractivity contribution in [2.45, 2.75) is 5.88 Å². The van der Waals surface area contributed by atoms with Gasteiger partial charge in [0.1, 0.15) is 6.29 Å². The largest absolute Gasteiger partial charge is 0.345 e. The monoisotopic (exact) mass is 194 g/mol. The molecular weight excluding hydrogens is 188 g/mol. The highest BCUT2D eigenvalue weighted by Gasteiger charge is 2.04. The summed E-state index contributed by atoms with van der Waals surface area (Å²) in [4.78, 5) is 17.7. The van der Waals surface area contributed by atoms with Gasteiger partial charge in [-0.05, 0) is 17.7 Å². The summed E-state index contributed by atoms with van der Waals surface area (Å²) in [7, 11) is 0. The van der Waals surface area contributed by atoms with Gasteiger partial charge in [0.05, 0.1) is 17.4 Å². The first kappa shape index (κ1) is 8.26. The number of hydrogen-bond acceptors (Lipinski definition) is 2. The normalized spacial score (nSPS) is 10.5. The van der Waals surface area contributed by atoms with Crippen molar-refractivity contribution in [3.8, 4) is 0 Å². The molecular formula is C9H7ClN2O. The third kappa shape index (κ3) is 1.31. The van der Waals surface area contributed by atoms with Gasteiger partial charge in [0.2, 0.25) is 0 Å². The van der Waals surface area contributed by atoms with Gasteiger partial charge in [-0.2, -0.15) is 0 Å². The molecule has 0 aliphatic heterocycles. The second-order valence-electron chi connectivity index (χ2n) is 2.72. The second kappa shape index (κ2) is 3.18. The molecule has 4 heteroatoms. The summed E-state index contributed by atoms with van der Waals surface area (Å²) in [6.07, 6.45) is 2.39. The van der Waals surface area contributed by atoms with Crippen LogP contribution < -0.4 is 0 Å². The van der Waals surface area contributed by atoms with Crippen LogP contribution in [-0.2, 0) is 5.88 Å². The number of aldehydes is 1. The van der Waals surface area contributed by atoms with Crippen LogP contribution in [0, 0.1) is 0 Å². The van der Waals surface area contributed by atoms with Gasteiger partial charge in [0.25, 0.3) is 0 Å². The van der Waals surface area contributed by atoms with Gasteiger partial charge in [-0.1, -0.05) is 0 Å². The second-order valence-corrected chi connectivity index (χ2v) is 2.99. The van der Waals surface area contributed by atoms with Crippen LogP contribution in [-0.4, -0.2) is 16.3 Å². The molecule has 1 N–H and O–H groups in total. The molecule has 2 aromatic rings. The summed E-state index contributed by atoms with van der Waals surface area (Å²) in [6, 6.07) is 3.58. The number of rotatable bonds is 2. The van der Waals surface area contributed by atoms with Crippen molar-refractivity contribution in [3.05, 3.63) is 29.6 Å². The molecule has 2 rings (SSSR count). The van der Waals surface area contributed by atoms with Crippen LogP contribution in [0.4, 0.5) is 0 Å². The molecule has 0 aliphatic carbocycles. The SMILES string of the molecule is O=Cc1cc2nc[nH]c2cc1CCl. The summed E-state index contributed by atoms with van der Waals surface area (Å²) in [5.74, 6) is 0.336. The number of carbonyl (C=O) groups is 1. The van der Waals surface area contributed by atoms with Crippen LogP contribution in [0.25, 0.3) is 11.0 Å². The van der Waals surface area contributed by atoms with Gasteiger partial charge in [0.15, 0.2) is 0 Å². The molecule has 0 saturated carbocycles. The molecule has 0 saturated heterocycles. The Morgan fingerprint density at radius 2 is 2.38 bits per heavy atom. The van der Waals surface area contributed by atoms with Gasteiger partial charge in [-0.15, -0.1) is 11.6 Å². The maximum atomic E-state index is 10.7. The number of fused-ring (bicyclic) bond motifs is 1. The average molecular weight is 195 g/mol. The lowest BCUT2D eigenvalue weighted by Crippen LogP contribution is -1.89. The van der Waals surface area contributed by atoms with Crippen molar-refractivity contribution in [2.75, 3.05) is 0 Å². The van der Waals surface area contributed by atoms with E-state index in [0.717, 1.165) is 22.9 Å². The van der Waals surface area contributed by atoms with E-state index in [2.05, 4.69) is 9.97 Å². The lowest BCUT2D eigenvalue weighted by atomic mass is 10.1. The van der Waals surface area contributed by atoms with Crippen LogP contribution in [0.1, 0.15) is 15.9 Å². The molecule has 0 fully saturated rings. The van der Waals surface area contributed by atoms with Crippen LogP contribution in [0.2, 0.25) is 0 Å². The van der Waals surface area contributed by atoms with Crippen molar-refractivity contribution in [1.29, 1.82) is 0 Å². The third-order valence-electron chi connectivity index (χ3n) is 1.95. The molecule has 1 aromatic heterocycles. The molecule has 1 heterocycles. The maximum Gasteiger partial charge on any atom is 0.150 e. The summed E-state index contributed by atoms with van der Waals surface area (Å²) >= 11 is 5.69. The Morgan fingerprint density at radius 1 is 1.54 bits per heavy atom. The first-order valence-corrected chi connectivity index (χ1v) is 4.35. The predicted molar refractivity (Wildman–Crippen MR) is 51.0 cm³/mol. The molecule has 0 radical (unpaired) electrons. The fourth-order valence-corrected chi connectivity index (χ4v) is 1.50. The summed E-state index contributed by atoms with van der Waals surface area (Å²) in [6.45, 7) is 0. The van der Waals surface area contributed by atoms with Gasteiger partial charge in [-0.3, -0.25) is 4.79 Å². The van der Waals surface area contributed by atoms with Crippen LogP contribution >= 0.6 is 11.6 Å². The molecule has 0 amide bonds. The smallest absolute Gasteiger partial charge is 0.150 e. The van der Waals surface area contributed by atoms with E-state index in [0.29, 0.717) is 11.4 Å². The van der Waals surface area contributed by atoms with E-state index in [9.17, 15) is 4.79 Å². The number of imidazole rings is 1. The highest BCUT2D eigenvalue weighted by atomic mass is 35.5. The number of aromatic amines is 1. The molecule has 0 spiro atoms. The van der Waals surface area contributed by atoms with E-state index in [-0.39, 0.29) is 0 Å². The lowest BCUT2D eigenvalue weighted by molar-refractivity contribution is 0.112. The quantitative estimate of drug-likeness (QED) is 0.588. The number of aromatic nitrogens is 2. The number of hydrogen-bond donors (Lipinski definition) is 1. The van der Waals surface area contributed by atoms with E-state index in [4.69, 9.17) is 11.6 Å². The Morgan fingerprint density at radius 3 is 3.08 bits per heavy atom. The third-order valence-corrected chi connectivity index (χ3v) is 2.24. The average Bonchev–Trinajstić information content (AvgIpc) is 2.62. The van der Waals surface area contributed by atoms with Gasteiger partial charge in [0, 0.05) is 11.4 Å². The number of H-pyrrole nitrogens is 1. The van der Waals surface area contributed by atoms with E-state index >= 15 is 0 Å². The highest BCUT2D eigenvalue weighted by Crippen LogP contribution is 2.17. The van der Waals surface area contributed by atoms with E-state index < -0.39 is 0 Å². The fraction of sp³-hybridized carbons (Fsp3) is 0.111. The molecule has 0 atom stereocenters. The topological polar surface area (TPSA) is 45.8 Å². The minimum absolute atomic E-state index is 0.336. The zero-order valence-corrected chi connectivity index (χ0v) is 7.51.